The predicted octanol–water partition coefficient (Wildman–Crippen LogP) is 3.78. The van der Waals surface area contributed by atoms with Crippen LogP contribution < -0.4 is 0 Å². The maximum atomic E-state index is 6.01. The molecule has 4 heteroatoms. The van der Waals surface area contributed by atoms with Gasteiger partial charge in [-0.15, -0.1) is 0 Å². The second-order valence-corrected chi connectivity index (χ2v) is 8.35. The average molecular weight is 347 g/mol. The number of aromatic nitrogens is 1. The Labute approximate surface area is 114 Å². The molecule has 2 radical (unpaired) electrons. The number of hydrogen-bond acceptors (Lipinski definition) is 2. The molecule has 1 aromatic heterocycles. The van der Waals surface area contributed by atoms with Crippen LogP contribution in [-0.4, -0.2) is 14.7 Å². The Morgan fingerprint density at radius 3 is 2.25 bits per heavy atom. The van der Waals surface area contributed by atoms with Crippen LogP contribution in [0.5, 0.6) is 0 Å². The molecule has 0 aliphatic heterocycles. The van der Waals surface area contributed by atoms with Gasteiger partial charge in [-0.2, -0.15) is 0 Å². The van der Waals surface area contributed by atoms with Crippen molar-refractivity contribution in [3.8, 4) is 0 Å². The summed E-state index contributed by atoms with van der Waals surface area (Å²) in [6, 6.07) is 4.10. The zero-order valence-electron chi connectivity index (χ0n) is 10.5. The van der Waals surface area contributed by atoms with Gasteiger partial charge in [0.1, 0.15) is 3.70 Å². The standard InChI is InChI=1S/C12H18INOSi/c1-11(2,3)16-15-12(4,5)9-6-7-10(13)14-8-9/h6-8H,1-5H3. The third-order valence-corrected chi connectivity index (χ3v) is 3.90. The number of pyridine rings is 1. The van der Waals surface area contributed by atoms with E-state index in [2.05, 4.69) is 68.3 Å². The number of halogens is 1. The molecule has 0 aliphatic rings. The summed E-state index contributed by atoms with van der Waals surface area (Å²) in [5, 5.41) is 0.216. The molecular weight excluding hydrogens is 329 g/mol. The van der Waals surface area contributed by atoms with Crippen molar-refractivity contribution in [2.75, 3.05) is 0 Å². The van der Waals surface area contributed by atoms with Gasteiger partial charge in [-0.05, 0) is 47.5 Å². The van der Waals surface area contributed by atoms with Crippen LogP contribution in [0, 0.1) is 3.70 Å². The van der Waals surface area contributed by atoms with E-state index in [-0.39, 0.29) is 10.6 Å². The average Bonchev–Trinajstić information content (AvgIpc) is 2.15. The zero-order chi connectivity index (χ0) is 12.4. The topological polar surface area (TPSA) is 22.1 Å². The van der Waals surface area contributed by atoms with E-state index in [0.29, 0.717) is 9.76 Å². The minimum absolute atomic E-state index is 0.216. The Kier molecular flexibility index (Phi) is 4.54. The van der Waals surface area contributed by atoms with Crippen LogP contribution in [0.3, 0.4) is 0 Å². The van der Waals surface area contributed by atoms with Gasteiger partial charge in [0, 0.05) is 11.8 Å². The monoisotopic (exact) mass is 347 g/mol. The molecular formula is C12H18INOSi. The summed E-state index contributed by atoms with van der Waals surface area (Å²) in [5.74, 6) is 0. The first-order valence-corrected chi connectivity index (χ1v) is 7.27. The van der Waals surface area contributed by atoms with Gasteiger partial charge < -0.3 is 4.43 Å². The summed E-state index contributed by atoms with van der Waals surface area (Å²) in [6.07, 6.45) is 1.90. The van der Waals surface area contributed by atoms with Gasteiger partial charge in [0.15, 0.2) is 0 Å². The molecule has 0 amide bonds. The van der Waals surface area contributed by atoms with Crippen LogP contribution >= 0.6 is 22.6 Å². The molecule has 0 fully saturated rings. The second kappa shape index (κ2) is 5.14. The van der Waals surface area contributed by atoms with E-state index in [1.807, 2.05) is 12.3 Å². The lowest BCUT2D eigenvalue weighted by atomic mass is 10.0. The minimum Gasteiger partial charge on any atom is -0.408 e. The van der Waals surface area contributed by atoms with Gasteiger partial charge >= 0.3 is 0 Å². The van der Waals surface area contributed by atoms with Crippen LogP contribution in [0.1, 0.15) is 40.2 Å². The third kappa shape index (κ3) is 4.51. The fraction of sp³-hybridized carbons (Fsp3) is 0.583. The van der Waals surface area contributed by atoms with Crippen molar-refractivity contribution < 1.29 is 4.43 Å². The quantitative estimate of drug-likeness (QED) is 0.472. The first kappa shape index (κ1) is 14.1. The van der Waals surface area contributed by atoms with E-state index < -0.39 is 0 Å². The summed E-state index contributed by atoms with van der Waals surface area (Å²) in [6.45, 7) is 10.8. The highest BCUT2D eigenvalue weighted by Crippen LogP contribution is 2.29. The van der Waals surface area contributed by atoms with Crippen LogP contribution in [0.4, 0.5) is 0 Å². The molecule has 0 spiro atoms. The lowest BCUT2D eigenvalue weighted by Gasteiger charge is -2.29. The summed E-state index contributed by atoms with van der Waals surface area (Å²) in [4.78, 5) is 4.30. The molecule has 0 atom stereocenters. The molecule has 0 saturated carbocycles. The molecule has 88 valence electrons. The van der Waals surface area contributed by atoms with E-state index in [9.17, 15) is 0 Å². The highest BCUT2D eigenvalue weighted by Gasteiger charge is 2.25. The molecule has 1 aromatic rings. The fourth-order valence-electron chi connectivity index (χ4n) is 1.07. The van der Waals surface area contributed by atoms with Crippen molar-refractivity contribution in [3.63, 3.8) is 0 Å². The molecule has 0 unspecified atom stereocenters. The fourth-order valence-corrected chi connectivity index (χ4v) is 2.07. The van der Waals surface area contributed by atoms with E-state index in [1.54, 1.807) is 0 Å². The first-order chi connectivity index (χ1) is 7.21. The Morgan fingerprint density at radius 2 is 1.81 bits per heavy atom. The second-order valence-electron chi connectivity index (χ2n) is 5.33. The lowest BCUT2D eigenvalue weighted by molar-refractivity contribution is 0.109. The normalized spacial score (nSPS) is 12.9. The van der Waals surface area contributed by atoms with Gasteiger partial charge in [0.05, 0.1) is 5.60 Å². The SMILES string of the molecule is CC(C)(C)[Si]OC(C)(C)c1ccc(I)nc1. The smallest absolute Gasteiger partial charge is 0.236 e. The summed E-state index contributed by atoms with van der Waals surface area (Å²) >= 11 is 2.21. The molecule has 2 nitrogen and oxygen atoms in total. The number of hydrogen-bond donors (Lipinski definition) is 0. The molecule has 0 bridgehead atoms. The van der Waals surface area contributed by atoms with Crippen molar-refractivity contribution in [3.05, 3.63) is 27.6 Å². The lowest BCUT2D eigenvalue weighted by Crippen LogP contribution is -2.27. The Morgan fingerprint density at radius 1 is 1.19 bits per heavy atom. The third-order valence-electron chi connectivity index (χ3n) is 2.03. The summed E-state index contributed by atoms with van der Waals surface area (Å²) in [5.41, 5.74) is 0.868. The van der Waals surface area contributed by atoms with Gasteiger partial charge in [-0.25, -0.2) is 4.98 Å². The molecule has 1 heterocycles. The largest absolute Gasteiger partial charge is 0.408 e. The Balaban J connectivity index is 2.73. The van der Waals surface area contributed by atoms with Crippen molar-refractivity contribution in [2.24, 2.45) is 0 Å². The van der Waals surface area contributed by atoms with Crippen molar-refractivity contribution in [1.82, 2.24) is 4.98 Å². The van der Waals surface area contributed by atoms with Gasteiger partial charge in [0.25, 0.3) is 0 Å². The van der Waals surface area contributed by atoms with Gasteiger partial charge in [0.2, 0.25) is 9.76 Å². The van der Waals surface area contributed by atoms with Crippen LogP contribution in [0.25, 0.3) is 0 Å². The van der Waals surface area contributed by atoms with Crippen molar-refractivity contribution >= 4 is 32.4 Å². The van der Waals surface area contributed by atoms with Crippen molar-refractivity contribution in [1.29, 1.82) is 0 Å². The van der Waals surface area contributed by atoms with E-state index in [1.165, 1.54) is 0 Å². The van der Waals surface area contributed by atoms with Crippen LogP contribution in [-0.2, 0) is 10.0 Å². The Hall–Kier alpha value is 0.0569. The molecule has 1 rings (SSSR count). The van der Waals surface area contributed by atoms with Gasteiger partial charge in [-0.3, -0.25) is 0 Å². The summed E-state index contributed by atoms with van der Waals surface area (Å²) in [7, 11) is 0.486. The molecule has 16 heavy (non-hydrogen) atoms. The first-order valence-electron chi connectivity index (χ1n) is 5.28. The predicted molar refractivity (Wildman–Crippen MR) is 76.5 cm³/mol. The van der Waals surface area contributed by atoms with Crippen LogP contribution in [0.15, 0.2) is 18.3 Å². The summed E-state index contributed by atoms with van der Waals surface area (Å²) < 4.78 is 7.01. The number of rotatable bonds is 3. The molecule has 0 N–H and O–H groups in total. The minimum atomic E-state index is -0.261. The van der Waals surface area contributed by atoms with E-state index in [0.717, 1.165) is 9.26 Å². The van der Waals surface area contributed by atoms with Crippen LogP contribution in [0.2, 0.25) is 5.04 Å². The maximum Gasteiger partial charge on any atom is 0.236 e. The highest BCUT2D eigenvalue weighted by molar-refractivity contribution is 14.1. The highest BCUT2D eigenvalue weighted by atomic mass is 127. The molecule has 0 aromatic carbocycles. The molecule has 0 aliphatic carbocycles. The number of nitrogens with zero attached hydrogens (tertiary/aromatic N) is 1. The maximum absolute atomic E-state index is 6.01. The van der Waals surface area contributed by atoms with E-state index >= 15 is 0 Å². The van der Waals surface area contributed by atoms with E-state index in [4.69, 9.17) is 4.43 Å². The Bertz CT molecular complexity index is 343. The van der Waals surface area contributed by atoms with Gasteiger partial charge in [-0.1, -0.05) is 26.8 Å². The zero-order valence-corrected chi connectivity index (χ0v) is 13.6. The molecule has 0 saturated heterocycles. The van der Waals surface area contributed by atoms with Crippen molar-refractivity contribution in [2.45, 2.75) is 45.3 Å².